The van der Waals surface area contributed by atoms with E-state index in [1.807, 2.05) is 17.5 Å². The summed E-state index contributed by atoms with van der Waals surface area (Å²) in [6, 6.07) is 5.65. The van der Waals surface area contributed by atoms with Crippen molar-refractivity contribution >= 4 is 17.6 Å². The van der Waals surface area contributed by atoms with Gasteiger partial charge >= 0.3 is 0 Å². The summed E-state index contributed by atoms with van der Waals surface area (Å²) in [6.45, 7) is 0. The quantitative estimate of drug-likeness (QED) is 0.680. The minimum absolute atomic E-state index is 0.471. The first-order valence-corrected chi connectivity index (χ1v) is 4.78. The number of rotatable bonds is 2. The molecule has 0 unspecified atom stereocenters. The van der Waals surface area contributed by atoms with E-state index in [4.69, 9.17) is 0 Å². The smallest absolute Gasteiger partial charge is 0.168 e. The Labute approximate surface area is 79.9 Å². The third-order valence-electron chi connectivity index (χ3n) is 1.76. The first-order chi connectivity index (χ1) is 6.40. The van der Waals surface area contributed by atoms with Crippen LogP contribution in [0.25, 0.3) is 11.1 Å². The van der Waals surface area contributed by atoms with Gasteiger partial charge in [-0.1, -0.05) is 6.07 Å². The maximum Gasteiger partial charge on any atom is 0.168 e. The molecule has 13 heavy (non-hydrogen) atoms. The zero-order chi connectivity index (χ0) is 9.10. The fraction of sp³-hybridized carbons (Fsp3) is 0. The largest absolute Gasteiger partial charge is 0.296 e. The van der Waals surface area contributed by atoms with Gasteiger partial charge in [0.2, 0.25) is 0 Å². The van der Waals surface area contributed by atoms with Crippen molar-refractivity contribution in [1.82, 2.24) is 4.98 Å². The molecule has 0 fully saturated rings. The zero-order valence-electron chi connectivity index (χ0n) is 6.81. The fourth-order valence-corrected chi connectivity index (χ4v) is 1.74. The number of carbonyl (C=O) groups is 1. The minimum atomic E-state index is 0.471. The Balaban J connectivity index is 2.38. The predicted molar refractivity (Wildman–Crippen MR) is 52.9 cm³/mol. The maximum absolute atomic E-state index is 10.3. The van der Waals surface area contributed by atoms with Crippen LogP contribution in [0.5, 0.6) is 0 Å². The summed E-state index contributed by atoms with van der Waals surface area (Å²) in [6.07, 6.45) is 2.46. The molecule has 0 aliphatic carbocycles. The lowest BCUT2D eigenvalue weighted by Crippen LogP contribution is -1.85. The van der Waals surface area contributed by atoms with Crippen molar-refractivity contribution in [3.63, 3.8) is 0 Å². The second-order valence-corrected chi connectivity index (χ2v) is 3.38. The predicted octanol–water partition coefficient (Wildman–Crippen LogP) is 2.62. The van der Waals surface area contributed by atoms with E-state index in [-0.39, 0.29) is 0 Å². The number of carbonyl (C=O) groups excluding carboxylic acids is 1. The van der Waals surface area contributed by atoms with Gasteiger partial charge in [-0.3, -0.25) is 9.78 Å². The van der Waals surface area contributed by atoms with Gasteiger partial charge in [0.1, 0.15) is 5.69 Å². The molecule has 64 valence electrons. The summed E-state index contributed by atoms with van der Waals surface area (Å²) >= 11 is 1.65. The van der Waals surface area contributed by atoms with Gasteiger partial charge < -0.3 is 0 Å². The molecule has 0 amide bonds. The van der Waals surface area contributed by atoms with Crippen LogP contribution in [0.3, 0.4) is 0 Å². The Hall–Kier alpha value is -1.48. The molecule has 0 N–H and O–H groups in total. The van der Waals surface area contributed by atoms with E-state index in [1.54, 1.807) is 23.6 Å². The number of thiophene rings is 1. The van der Waals surface area contributed by atoms with Gasteiger partial charge in [0.25, 0.3) is 0 Å². The van der Waals surface area contributed by atoms with E-state index in [0.717, 1.165) is 17.4 Å². The van der Waals surface area contributed by atoms with Gasteiger partial charge in [-0.25, -0.2) is 0 Å². The van der Waals surface area contributed by atoms with E-state index < -0.39 is 0 Å². The highest BCUT2D eigenvalue weighted by atomic mass is 32.1. The van der Waals surface area contributed by atoms with Gasteiger partial charge in [0.05, 0.1) is 0 Å². The molecular weight excluding hydrogens is 182 g/mol. The lowest BCUT2D eigenvalue weighted by Gasteiger charge is -1.95. The minimum Gasteiger partial charge on any atom is -0.296 e. The Morgan fingerprint density at radius 1 is 1.23 bits per heavy atom. The molecule has 3 heteroatoms. The number of hydrogen-bond donors (Lipinski definition) is 0. The van der Waals surface area contributed by atoms with E-state index in [1.165, 1.54) is 0 Å². The van der Waals surface area contributed by atoms with Crippen molar-refractivity contribution in [3.05, 3.63) is 40.8 Å². The highest BCUT2D eigenvalue weighted by Crippen LogP contribution is 2.20. The SMILES string of the molecule is O=Cc1ccc(-c2ccsc2)cn1. The molecule has 2 rings (SSSR count). The van der Waals surface area contributed by atoms with Crippen LogP contribution >= 0.6 is 11.3 Å². The molecule has 0 aromatic carbocycles. The molecule has 0 saturated carbocycles. The van der Waals surface area contributed by atoms with Gasteiger partial charge in [-0.05, 0) is 28.5 Å². The molecule has 0 bridgehead atoms. The Morgan fingerprint density at radius 3 is 2.69 bits per heavy atom. The Kier molecular flexibility index (Phi) is 2.19. The van der Waals surface area contributed by atoms with Gasteiger partial charge in [-0.15, -0.1) is 0 Å². The third kappa shape index (κ3) is 1.65. The van der Waals surface area contributed by atoms with E-state index in [0.29, 0.717) is 5.69 Å². The topological polar surface area (TPSA) is 30.0 Å². The Morgan fingerprint density at radius 2 is 2.15 bits per heavy atom. The first-order valence-electron chi connectivity index (χ1n) is 3.84. The van der Waals surface area contributed by atoms with Crippen LogP contribution in [0.4, 0.5) is 0 Å². The second kappa shape index (κ2) is 3.49. The molecule has 0 radical (unpaired) electrons. The molecule has 0 saturated heterocycles. The fourth-order valence-electron chi connectivity index (χ4n) is 1.07. The van der Waals surface area contributed by atoms with Crippen LogP contribution in [0.1, 0.15) is 10.5 Å². The van der Waals surface area contributed by atoms with Crippen LogP contribution in [-0.2, 0) is 0 Å². The van der Waals surface area contributed by atoms with Gasteiger partial charge in [0, 0.05) is 11.8 Å². The summed E-state index contributed by atoms with van der Waals surface area (Å²) in [5.41, 5.74) is 2.67. The number of pyridine rings is 1. The average molecular weight is 189 g/mol. The Bertz CT molecular complexity index is 391. The lowest BCUT2D eigenvalue weighted by atomic mass is 10.1. The normalized spacial score (nSPS) is 9.85. The van der Waals surface area contributed by atoms with Crippen molar-refractivity contribution in [1.29, 1.82) is 0 Å². The summed E-state index contributed by atoms with van der Waals surface area (Å²) in [5.74, 6) is 0. The van der Waals surface area contributed by atoms with Crippen LogP contribution < -0.4 is 0 Å². The van der Waals surface area contributed by atoms with Crippen LogP contribution in [0.2, 0.25) is 0 Å². The standard InChI is InChI=1S/C10H7NOS/c12-6-10-2-1-8(5-11-10)9-3-4-13-7-9/h1-7H. The van der Waals surface area contributed by atoms with Crippen molar-refractivity contribution in [2.24, 2.45) is 0 Å². The summed E-state index contributed by atoms with van der Waals surface area (Å²) in [7, 11) is 0. The molecule has 0 spiro atoms. The van der Waals surface area contributed by atoms with Gasteiger partial charge in [-0.2, -0.15) is 11.3 Å². The van der Waals surface area contributed by atoms with Crippen LogP contribution in [0, 0.1) is 0 Å². The van der Waals surface area contributed by atoms with Crippen LogP contribution in [0.15, 0.2) is 35.2 Å². The molecule has 0 aliphatic rings. The van der Waals surface area contributed by atoms with E-state index in [2.05, 4.69) is 10.4 Å². The van der Waals surface area contributed by atoms with Crippen molar-refractivity contribution in [3.8, 4) is 11.1 Å². The molecule has 0 atom stereocenters. The molecule has 2 aromatic rings. The lowest BCUT2D eigenvalue weighted by molar-refractivity contribution is 0.111. The number of aromatic nitrogens is 1. The number of aldehydes is 1. The highest BCUT2D eigenvalue weighted by molar-refractivity contribution is 7.08. The summed E-state index contributed by atoms with van der Waals surface area (Å²) < 4.78 is 0. The van der Waals surface area contributed by atoms with E-state index in [9.17, 15) is 4.79 Å². The van der Waals surface area contributed by atoms with Crippen molar-refractivity contribution < 1.29 is 4.79 Å². The van der Waals surface area contributed by atoms with Crippen molar-refractivity contribution in [2.45, 2.75) is 0 Å². The second-order valence-electron chi connectivity index (χ2n) is 2.60. The highest BCUT2D eigenvalue weighted by Gasteiger charge is 1.97. The zero-order valence-corrected chi connectivity index (χ0v) is 7.62. The monoisotopic (exact) mass is 189 g/mol. The summed E-state index contributed by atoms with van der Waals surface area (Å²) in [4.78, 5) is 14.3. The molecular formula is C10H7NOS. The van der Waals surface area contributed by atoms with Crippen LogP contribution in [-0.4, -0.2) is 11.3 Å². The van der Waals surface area contributed by atoms with Crippen molar-refractivity contribution in [2.75, 3.05) is 0 Å². The summed E-state index contributed by atoms with van der Waals surface area (Å²) in [5, 5.41) is 4.07. The molecule has 2 nitrogen and oxygen atoms in total. The number of nitrogens with zero attached hydrogens (tertiary/aromatic N) is 1. The number of hydrogen-bond acceptors (Lipinski definition) is 3. The van der Waals surface area contributed by atoms with E-state index >= 15 is 0 Å². The third-order valence-corrected chi connectivity index (χ3v) is 2.44. The maximum atomic E-state index is 10.3. The average Bonchev–Trinajstić information content (AvgIpc) is 2.71. The molecule has 2 heterocycles. The molecule has 2 aromatic heterocycles. The molecule has 0 aliphatic heterocycles. The van der Waals surface area contributed by atoms with Gasteiger partial charge in [0.15, 0.2) is 6.29 Å². The first kappa shape index (κ1) is 8.13.